The van der Waals surface area contributed by atoms with Gasteiger partial charge in [-0.25, -0.2) is 4.79 Å². The summed E-state index contributed by atoms with van der Waals surface area (Å²) in [6.07, 6.45) is 0.474. The van der Waals surface area contributed by atoms with Crippen LogP contribution in [0, 0.1) is 11.3 Å². The zero-order valence-electron chi connectivity index (χ0n) is 16.6. The standard InChI is InChI=1S/C25H21N3O2/c1-2-25(21-9-4-3-5-10-21)23(29)28(24(30)27-25)17-18-12-14-19(15-13-18)22-11-7-6-8-20(22)16-26/h3-15H,2,17H2,1H3,(H,27,30)/t25-/m0/s1. The maximum absolute atomic E-state index is 13.3. The molecule has 0 radical (unpaired) electrons. The molecule has 3 amide bonds. The molecule has 148 valence electrons. The summed E-state index contributed by atoms with van der Waals surface area (Å²) in [5.74, 6) is -0.236. The summed E-state index contributed by atoms with van der Waals surface area (Å²) in [5.41, 5.74) is 2.99. The van der Waals surface area contributed by atoms with Crippen LogP contribution in [0.2, 0.25) is 0 Å². The predicted molar refractivity (Wildman–Crippen MR) is 114 cm³/mol. The first kappa shape index (κ1) is 19.4. The zero-order valence-corrected chi connectivity index (χ0v) is 16.6. The number of carbonyl (C=O) groups is 2. The summed E-state index contributed by atoms with van der Waals surface area (Å²) >= 11 is 0. The van der Waals surface area contributed by atoms with Crippen molar-refractivity contribution in [2.24, 2.45) is 0 Å². The second-order valence-corrected chi connectivity index (χ2v) is 7.30. The maximum Gasteiger partial charge on any atom is 0.325 e. The monoisotopic (exact) mass is 395 g/mol. The van der Waals surface area contributed by atoms with Crippen molar-refractivity contribution in [3.8, 4) is 17.2 Å². The Kier molecular flexibility index (Phi) is 5.07. The van der Waals surface area contributed by atoms with Gasteiger partial charge in [0.2, 0.25) is 0 Å². The molecule has 1 saturated heterocycles. The third-order valence-electron chi connectivity index (χ3n) is 5.63. The number of nitriles is 1. The fourth-order valence-electron chi connectivity index (χ4n) is 3.94. The topological polar surface area (TPSA) is 73.2 Å². The Morgan fingerprint density at radius 1 is 0.933 bits per heavy atom. The quantitative estimate of drug-likeness (QED) is 0.643. The van der Waals surface area contributed by atoms with Crippen molar-refractivity contribution < 1.29 is 9.59 Å². The molecule has 1 aliphatic rings. The van der Waals surface area contributed by atoms with Crippen LogP contribution in [0.4, 0.5) is 4.79 Å². The van der Waals surface area contributed by atoms with Crippen molar-refractivity contribution in [1.82, 2.24) is 10.2 Å². The summed E-state index contributed by atoms with van der Waals surface area (Å²) in [4.78, 5) is 27.2. The minimum Gasteiger partial charge on any atom is -0.319 e. The van der Waals surface area contributed by atoms with Crippen molar-refractivity contribution in [2.75, 3.05) is 0 Å². The molecule has 0 saturated carbocycles. The molecule has 3 aromatic rings. The van der Waals surface area contributed by atoms with E-state index in [4.69, 9.17) is 0 Å². The molecule has 1 atom stereocenters. The molecular weight excluding hydrogens is 374 g/mol. The number of nitrogens with one attached hydrogen (secondary N) is 1. The largest absolute Gasteiger partial charge is 0.325 e. The van der Waals surface area contributed by atoms with E-state index in [0.717, 1.165) is 22.3 Å². The van der Waals surface area contributed by atoms with E-state index < -0.39 is 5.54 Å². The third-order valence-corrected chi connectivity index (χ3v) is 5.63. The molecule has 1 fully saturated rings. The van der Waals surface area contributed by atoms with Gasteiger partial charge in [0.05, 0.1) is 18.2 Å². The number of nitrogens with zero attached hydrogens (tertiary/aromatic N) is 2. The van der Waals surface area contributed by atoms with E-state index in [9.17, 15) is 14.9 Å². The van der Waals surface area contributed by atoms with E-state index in [-0.39, 0.29) is 18.5 Å². The van der Waals surface area contributed by atoms with Crippen molar-refractivity contribution in [2.45, 2.75) is 25.4 Å². The second kappa shape index (κ2) is 7.84. The highest BCUT2D eigenvalue weighted by Crippen LogP contribution is 2.33. The first-order valence-electron chi connectivity index (χ1n) is 9.87. The highest BCUT2D eigenvalue weighted by molar-refractivity contribution is 6.07. The van der Waals surface area contributed by atoms with Gasteiger partial charge in [0.25, 0.3) is 5.91 Å². The minimum atomic E-state index is -1.02. The van der Waals surface area contributed by atoms with Crippen molar-refractivity contribution in [3.05, 3.63) is 95.6 Å². The van der Waals surface area contributed by atoms with E-state index >= 15 is 0 Å². The average Bonchev–Trinajstić information content (AvgIpc) is 3.05. The Morgan fingerprint density at radius 2 is 1.60 bits per heavy atom. The van der Waals surface area contributed by atoms with Gasteiger partial charge >= 0.3 is 6.03 Å². The van der Waals surface area contributed by atoms with Crippen LogP contribution >= 0.6 is 0 Å². The number of amides is 3. The average molecular weight is 395 g/mol. The number of rotatable bonds is 5. The van der Waals surface area contributed by atoms with Crippen LogP contribution in [0.5, 0.6) is 0 Å². The third kappa shape index (κ3) is 3.23. The lowest BCUT2D eigenvalue weighted by Gasteiger charge is -2.25. The number of imide groups is 1. The van der Waals surface area contributed by atoms with Crippen LogP contribution in [0.3, 0.4) is 0 Å². The van der Waals surface area contributed by atoms with Gasteiger partial charge in [-0.1, -0.05) is 79.7 Å². The Balaban J connectivity index is 1.58. The zero-order chi connectivity index (χ0) is 21.1. The molecule has 1 N–H and O–H groups in total. The molecule has 0 spiro atoms. The number of hydrogen-bond donors (Lipinski definition) is 1. The van der Waals surface area contributed by atoms with Crippen LogP contribution < -0.4 is 5.32 Å². The highest BCUT2D eigenvalue weighted by Gasteiger charge is 2.50. The van der Waals surface area contributed by atoms with Gasteiger partial charge in [-0.3, -0.25) is 9.69 Å². The fraction of sp³-hybridized carbons (Fsp3) is 0.160. The Labute approximate surface area is 175 Å². The smallest absolute Gasteiger partial charge is 0.319 e. The summed E-state index contributed by atoms with van der Waals surface area (Å²) in [7, 11) is 0. The van der Waals surface area contributed by atoms with Gasteiger partial charge in [-0.2, -0.15) is 5.26 Å². The van der Waals surface area contributed by atoms with E-state index in [1.54, 1.807) is 6.07 Å². The normalized spacial score (nSPS) is 18.2. The van der Waals surface area contributed by atoms with Gasteiger partial charge in [0, 0.05) is 0 Å². The molecule has 0 aliphatic carbocycles. The van der Waals surface area contributed by atoms with E-state index in [0.29, 0.717) is 12.0 Å². The number of carbonyl (C=O) groups excluding carboxylic acids is 2. The molecule has 4 rings (SSSR count). The van der Waals surface area contributed by atoms with Crippen LogP contribution in [-0.4, -0.2) is 16.8 Å². The van der Waals surface area contributed by atoms with Gasteiger partial charge in [0.1, 0.15) is 5.54 Å². The van der Waals surface area contributed by atoms with Gasteiger partial charge in [-0.05, 0) is 34.7 Å². The molecule has 5 nitrogen and oxygen atoms in total. The van der Waals surface area contributed by atoms with Crippen LogP contribution in [0.1, 0.15) is 30.0 Å². The van der Waals surface area contributed by atoms with Crippen LogP contribution in [0.25, 0.3) is 11.1 Å². The van der Waals surface area contributed by atoms with E-state index in [1.807, 2.05) is 79.7 Å². The SMILES string of the molecule is CC[C@@]1(c2ccccc2)NC(=O)N(Cc2ccc(-c3ccccc3C#N)cc2)C1=O. The number of hydrogen-bond acceptors (Lipinski definition) is 3. The minimum absolute atomic E-state index is 0.194. The van der Waals surface area contributed by atoms with E-state index in [2.05, 4.69) is 11.4 Å². The number of urea groups is 1. The van der Waals surface area contributed by atoms with Gasteiger partial charge in [-0.15, -0.1) is 0 Å². The number of benzene rings is 3. The first-order chi connectivity index (χ1) is 14.6. The molecule has 0 aromatic heterocycles. The molecular formula is C25H21N3O2. The summed E-state index contributed by atoms with van der Waals surface area (Å²) in [6.45, 7) is 2.09. The molecule has 3 aromatic carbocycles. The van der Waals surface area contributed by atoms with Gasteiger partial charge < -0.3 is 5.32 Å². The van der Waals surface area contributed by atoms with Crippen molar-refractivity contribution in [1.29, 1.82) is 5.26 Å². The lowest BCUT2D eigenvalue weighted by molar-refractivity contribution is -0.132. The predicted octanol–water partition coefficient (Wildman–Crippen LogP) is 4.58. The molecule has 5 heteroatoms. The summed E-state index contributed by atoms with van der Waals surface area (Å²) in [5, 5.41) is 12.2. The molecule has 1 heterocycles. The second-order valence-electron chi connectivity index (χ2n) is 7.30. The van der Waals surface area contributed by atoms with Crippen LogP contribution in [0.15, 0.2) is 78.9 Å². The molecule has 0 bridgehead atoms. The Morgan fingerprint density at radius 3 is 2.27 bits per heavy atom. The summed E-state index contributed by atoms with van der Waals surface area (Å²) < 4.78 is 0. The Hall–Kier alpha value is -3.91. The van der Waals surface area contributed by atoms with E-state index in [1.165, 1.54) is 4.90 Å². The lowest BCUT2D eigenvalue weighted by atomic mass is 9.87. The van der Waals surface area contributed by atoms with Crippen molar-refractivity contribution in [3.63, 3.8) is 0 Å². The summed E-state index contributed by atoms with van der Waals surface area (Å²) in [6, 6.07) is 26.2. The molecule has 30 heavy (non-hydrogen) atoms. The first-order valence-corrected chi connectivity index (χ1v) is 9.87. The van der Waals surface area contributed by atoms with Gasteiger partial charge in [0.15, 0.2) is 0 Å². The van der Waals surface area contributed by atoms with Crippen molar-refractivity contribution >= 4 is 11.9 Å². The van der Waals surface area contributed by atoms with Crippen LogP contribution in [-0.2, 0) is 16.9 Å². The molecule has 1 aliphatic heterocycles. The molecule has 0 unspecified atom stereocenters. The maximum atomic E-state index is 13.3. The highest BCUT2D eigenvalue weighted by atomic mass is 16.2. The lowest BCUT2D eigenvalue weighted by Crippen LogP contribution is -2.43. The Bertz CT molecular complexity index is 1130. The fourth-order valence-corrected chi connectivity index (χ4v) is 3.94.